The molecule has 1 heterocycles. The molecular weight excluding hydrogens is 344 g/mol. The zero-order chi connectivity index (χ0) is 16.6. The first kappa shape index (κ1) is 15.9. The molecule has 120 valence electrons. The molecule has 3 rings (SSSR count). The fourth-order valence-electron chi connectivity index (χ4n) is 2.52. The Morgan fingerprint density at radius 2 is 2.00 bits per heavy atom. The fourth-order valence-corrected chi connectivity index (χ4v) is 3.18. The Kier molecular flexibility index (Phi) is 4.33. The van der Waals surface area contributed by atoms with Crippen molar-refractivity contribution in [1.82, 2.24) is 0 Å². The summed E-state index contributed by atoms with van der Waals surface area (Å²) in [4.78, 5) is 11.9. The third kappa shape index (κ3) is 2.82. The number of halogens is 3. The normalized spacial score (nSPS) is 12.9. The lowest BCUT2D eigenvalue weighted by atomic mass is 9.99. The van der Waals surface area contributed by atoms with Crippen molar-refractivity contribution in [2.75, 3.05) is 25.6 Å². The van der Waals surface area contributed by atoms with Gasteiger partial charge in [-0.15, -0.1) is 0 Å². The van der Waals surface area contributed by atoms with E-state index in [1.807, 2.05) is 0 Å². The van der Waals surface area contributed by atoms with E-state index in [0.29, 0.717) is 41.3 Å². The molecule has 0 saturated heterocycles. The number of ether oxygens (including phenoxy) is 2. The van der Waals surface area contributed by atoms with Gasteiger partial charge in [-0.25, -0.2) is 9.18 Å². The van der Waals surface area contributed by atoms with E-state index in [2.05, 4.69) is 5.32 Å². The lowest BCUT2D eigenvalue weighted by Gasteiger charge is -2.24. The minimum Gasteiger partial charge on any atom is -0.489 e. The predicted molar refractivity (Wildman–Crippen MR) is 87.2 cm³/mol. The number of carbonyl (C=O) groups excluding carboxylic acids is 1. The Hall–Kier alpha value is -1.98. The van der Waals surface area contributed by atoms with Crippen LogP contribution in [-0.2, 0) is 4.74 Å². The molecule has 0 aliphatic carbocycles. The summed E-state index contributed by atoms with van der Waals surface area (Å²) in [6, 6.07) is 5.63. The quantitative estimate of drug-likeness (QED) is 0.811. The number of nitrogens with one attached hydrogen (secondary N) is 1. The molecule has 0 radical (unpaired) electrons. The first-order chi connectivity index (χ1) is 11.0. The van der Waals surface area contributed by atoms with Crippen molar-refractivity contribution in [3.63, 3.8) is 0 Å². The molecule has 0 atom stereocenters. The number of hydrogen-bond acceptors (Lipinski definition) is 4. The van der Waals surface area contributed by atoms with E-state index in [1.165, 1.54) is 19.2 Å². The smallest absolute Gasteiger partial charge is 0.341 e. The van der Waals surface area contributed by atoms with Gasteiger partial charge in [-0.3, -0.25) is 0 Å². The molecule has 1 aliphatic rings. The highest BCUT2D eigenvalue weighted by Crippen LogP contribution is 2.45. The number of hydrogen-bond donors (Lipinski definition) is 1. The maximum Gasteiger partial charge on any atom is 0.341 e. The Labute approximate surface area is 142 Å². The molecule has 0 amide bonds. The Balaban J connectivity index is 2.24. The van der Waals surface area contributed by atoms with Crippen LogP contribution in [0.2, 0.25) is 10.0 Å². The minimum atomic E-state index is -0.520. The van der Waals surface area contributed by atoms with Crippen molar-refractivity contribution >= 4 is 34.9 Å². The summed E-state index contributed by atoms with van der Waals surface area (Å²) in [6.45, 7) is 0.965. The summed E-state index contributed by atoms with van der Waals surface area (Å²) in [6.07, 6.45) is 0. The molecule has 0 aromatic heterocycles. The molecule has 1 aliphatic heterocycles. The molecule has 4 nitrogen and oxygen atoms in total. The average molecular weight is 356 g/mol. The van der Waals surface area contributed by atoms with E-state index < -0.39 is 11.8 Å². The van der Waals surface area contributed by atoms with E-state index in [0.717, 1.165) is 0 Å². The number of rotatable bonds is 2. The van der Waals surface area contributed by atoms with Crippen molar-refractivity contribution in [1.29, 1.82) is 0 Å². The standard InChI is InChI=1S/C16H12Cl2FNO3/c1-22-16(21)10-3-2-9(14-15(10)23-5-4-20-14)13-11(17)6-8(19)7-12(13)18/h2-3,6-7,20H,4-5H2,1H3. The SMILES string of the molecule is COC(=O)c1ccc(-c2c(Cl)cc(F)cc2Cl)c2c1OCCN2. The minimum absolute atomic E-state index is 0.176. The number of benzene rings is 2. The average Bonchev–Trinajstić information content (AvgIpc) is 2.53. The zero-order valence-electron chi connectivity index (χ0n) is 12.1. The molecule has 0 unspecified atom stereocenters. The Bertz CT molecular complexity index is 772. The highest BCUT2D eigenvalue weighted by Gasteiger charge is 2.25. The summed E-state index contributed by atoms with van der Waals surface area (Å²) >= 11 is 12.3. The molecule has 0 saturated carbocycles. The topological polar surface area (TPSA) is 47.6 Å². The van der Waals surface area contributed by atoms with Gasteiger partial charge in [0.1, 0.15) is 18.0 Å². The van der Waals surface area contributed by atoms with Gasteiger partial charge in [0.25, 0.3) is 0 Å². The van der Waals surface area contributed by atoms with Crippen molar-refractivity contribution in [2.24, 2.45) is 0 Å². The Morgan fingerprint density at radius 3 is 2.65 bits per heavy atom. The molecule has 0 fully saturated rings. The summed E-state index contributed by atoms with van der Waals surface area (Å²) in [7, 11) is 1.30. The van der Waals surface area contributed by atoms with E-state index >= 15 is 0 Å². The molecule has 0 bridgehead atoms. The highest BCUT2D eigenvalue weighted by atomic mass is 35.5. The van der Waals surface area contributed by atoms with Crippen molar-refractivity contribution < 1.29 is 18.7 Å². The monoisotopic (exact) mass is 355 g/mol. The van der Waals surface area contributed by atoms with Gasteiger partial charge in [0.05, 0.1) is 22.8 Å². The van der Waals surface area contributed by atoms with Gasteiger partial charge in [0.2, 0.25) is 0 Å². The second-order valence-electron chi connectivity index (χ2n) is 4.88. The van der Waals surface area contributed by atoms with Gasteiger partial charge < -0.3 is 14.8 Å². The van der Waals surface area contributed by atoms with Gasteiger partial charge >= 0.3 is 5.97 Å². The van der Waals surface area contributed by atoms with Crippen LogP contribution in [0.3, 0.4) is 0 Å². The number of anilines is 1. The van der Waals surface area contributed by atoms with E-state index in [9.17, 15) is 9.18 Å². The maximum atomic E-state index is 13.4. The van der Waals surface area contributed by atoms with E-state index in [-0.39, 0.29) is 10.0 Å². The van der Waals surface area contributed by atoms with Gasteiger partial charge in [-0.05, 0) is 18.2 Å². The molecule has 7 heteroatoms. The number of carbonyl (C=O) groups is 1. The van der Waals surface area contributed by atoms with Crippen LogP contribution < -0.4 is 10.1 Å². The summed E-state index contributed by atoms with van der Waals surface area (Å²) in [5, 5.41) is 3.53. The number of fused-ring (bicyclic) bond motifs is 1. The number of methoxy groups -OCH3 is 1. The van der Waals surface area contributed by atoms with Crippen LogP contribution in [0.5, 0.6) is 5.75 Å². The molecule has 23 heavy (non-hydrogen) atoms. The van der Waals surface area contributed by atoms with Crippen molar-refractivity contribution in [3.8, 4) is 16.9 Å². The van der Waals surface area contributed by atoms with E-state index in [1.54, 1.807) is 12.1 Å². The van der Waals surface area contributed by atoms with Gasteiger partial charge in [0, 0.05) is 17.7 Å². The van der Waals surface area contributed by atoms with Gasteiger partial charge in [-0.2, -0.15) is 0 Å². The molecular formula is C16H12Cl2FNO3. The van der Waals surface area contributed by atoms with Crippen LogP contribution >= 0.6 is 23.2 Å². The first-order valence-electron chi connectivity index (χ1n) is 6.80. The Morgan fingerprint density at radius 1 is 1.30 bits per heavy atom. The summed E-state index contributed by atoms with van der Waals surface area (Å²) in [5.41, 5.74) is 1.98. The second kappa shape index (κ2) is 6.26. The molecule has 2 aromatic rings. The third-order valence-electron chi connectivity index (χ3n) is 3.49. The molecule has 2 aromatic carbocycles. The van der Waals surface area contributed by atoms with Crippen molar-refractivity contribution in [3.05, 3.63) is 45.7 Å². The van der Waals surface area contributed by atoms with Crippen LogP contribution in [0.1, 0.15) is 10.4 Å². The van der Waals surface area contributed by atoms with Gasteiger partial charge in [0.15, 0.2) is 5.75 Å². The largest absolute Gasteiger partial charge is 0.489 e. The van der Waals surface area contributed by atoms with Crippen LogP contribution in [0, 0.1) is 5.82 Å². The highest BCUT2D eigenvalue weighted by molar-refractivity contribution is 6.39. The zero-order valence-corrected chi connectivity index (χ0v) is 13.6. The molecule has 1 N–H and O–H groups in total. The van der Waals surface area contributed by atoms with Crippen LogP contribution in [0.15, 0.2) is 24.3 Å². The maximum absolute atomic E-state index is 13.4. The second-order valence-corrected chi connectivity index (χ2v) is 5.69. The molecule has 0 spiro atoms. The van der Waals surface area contributed by atoms with Crippen LogP contribution in [0.4, 0.5) is 10.1 Å². The third-order valence-corrected chi connectivity index (χ3v) is 4.09. The van der Waals surface area contributed by atoms with E-state index in [4.69, 9.17) is 32.7 Å². The van der Waals surface area contributed by atoms with Crippen LogP contribution in [0.25, 0.3) is 11.1 Å². The van der Waals surface area contributed by atoms with Crippen molar-refractivity contribution in [2.45, 2.75) is 0 Å². The summed E-state index contributed by atoms with van der Waals surface area (Å²) < 4.78 is 23.8. The van der Waals surface area contributed by atoms with Gasteiger partial charge in [-0.1, -0.05) is 29.3 Å². The lowest BCUT2D eigenvalue weighted by Crippen LogP contribution is -2.21. The van der Waals surface area contributed by atoms with Crippen LogP contribution in [-0.4, -0.2) is 26.2 Å². The number of esters is 1. The summed E-state index contributed by atoms with van der Waals surface area (Å²) in [5.74, 6) is -0.655. The first-order valence-corrected chi connectivity index (χ1v) is 7.55. The predicted octanol–water partition coefficient (Wildman–Crippen LogP) is 4.39. The fraction of sp³-hybridized carbons (Fsp3) is 0.188. The lowest BCUT2D eigenvalue weighted by molar-refractivity contribution is 0.0596.